The Bertz CT molecular complexity index is 1380. The maximum atomic E-state index is 8.34. The van der Waals surface area contributed by atoms with Gasteiger partial charge >= 0.3 is 0 Å². The number of H-pyrrole nitrogens is 1. The monoisotopic (exact) mass is 459 g/mol. The van der Waals surface area contributed by atoms with Crippen molar-refractivity contribution in [2.75, 3.05) is 0 Å². The molecule has 0 amide bonds. The molecule has 2 N–H and O–H groups in total. The first-order valence-corrected chi connectivity index (χ1v) is 10.9. The number of aromatic nitrogens is 4. The fraction of sp³-hybridized carbons (Fsp3) is 0.0800. The summed E-state index contributed by atoms with van der Waals surface area (Å²) in [5.74, 6) is 0.638. The van der Waals surface area contributed by atoms with E-state index in [1.54, 1.807) is 6.33 Å². The molecular formula is C25H19Cl2N5. The zero-order valence-electron chi connectivity index (χ0n) is 17.0. The van der Waals surface area contributed by atoms with Gasteiger partial charge in [0.05, 0.1) is 18.8 Å². The Hall–Kier alpha value is -3.41. The Morgan fingerprint density at radius 3 is 2.03 bits per heavy atom. The minimum absolute atomic E-state index is 0.110. The lowest BCUT2D eigenvalue weighted by atomic mass is 9.91. The van der Waals surface area contributed by atoms with Gasteiger partial charge < -0.3 is 9.55 Å². The maximum absolute atomic E-state index is 8.34. The molecule has 0 fully saturated rings. The molecule has 158 valence electrons. The van der Waals surface area contributed by atoms with Crippen LogP contribution in [0.3, 0.4) is 0 Å². The number of aromatic amines is 1. The number of hydrogen-bond donors (Lipinski definition) is 2. The molecule has 3 aromatic carbocycles. The maximum Gasteiger partial charge on any atom is 0.173 e. The van der Waals surface area contributed by atoms with E-state index in [0.717, 1.165) is 22.5 Å². The minimum Gasteiger partial charge on any atom is -0.337 e. The van der Waals surface area contributed by atoms with Crippen molar-refractivity contribution in [2.24, 2.45) is 0 Å². The molecule has 5 nitrogen and oxygen atoms in total. The average Bonchev–Trinajstić information content (AvgIpc) is 3.25. The SMILES string of the molecule is N=c1ncn(Cc2c(Cl)cccc2Cl)c2nc(C(c3ccccc3)c3ccccc3)[nH]c12. The van der Waals surface area contributed by atoms with Gasteiger partial charge in [-0.2, -0.15) is 0 Å². The molecular weight excluding hydrogens is 441 g/mol. The molecule has 7 heteroatoms. The second-order valence-corrected chi connectivity index (χ2v) is 8.31. The van der Waals surface area contributed by atoms with Gasteiger partial charge in [0.25, 0.3) is 0 Å². The molecule has 5 rings (SSSR count). The van der Waals surface area contributed by atoms with Crippen LogP contribution < -0.4 is 5.49 Å². The molecule has 0 saturated carbocycles. The van der Waals surface area contributed by atoms with Crippen LogP contribution in [-0.2, 0) is 6.54 Å². The van der Waals surface area contributed by atoms with E-state index >= 15 is 0 Å². The fourth-order valence-corrected chi connectivity index (χ4v) is 4.42. The number of benzene rings is 3. The molecule has 0 spiro atoms. The Balaban J connectivity index is 1.67. The third kappa shape index (κ3) is 3.81. The lowest BCUT2D eigenvalue weighted by Crippen LogP contribution is -2.13. The lowest BCUT2D eigenvalue weighted by molar-refractivity contribution is 0.781. The highest BCUT2D eigenvalue weighted by molar-refractivity contribution is 6.36. The summed E-state index contributed by atoms with van der Waals surface area (Å²) in [6.45, 7) is 0.397. The fourth-order valence-electron chi connectivity index (χ4n) is 3.91. The van der Waals surface area contributed by atoms with Gasteiger partial charge in [-0.15, -0.1) is 0 Å². The number of imidazole rings is 1. The van der Waals surface area contributed by atoms with Crippen molar-refractivity contribution in [3.8, 4) is 0 Å². The highest BCUT2D eigenvalue weighted by atomic mass is 35.5. The third-order valence-corrected chi connectivity index (χ3v) is 6.18. The van der Waals surface area contributed by atoms with Crippen molar-refractivity contribution >= 4 is 34.4 Å². The largest absolute Gasteiger partial charge is 0.337 e. The van der Waals surface area contributed by atoms with Crippen molar-refractivity contribution in [2.45, 2.75) is 12.5 Å². The first-order chi connectivity index (χ1) is 15.6. The molecule has 5 aromatic rings. The van der Waals surface area contributed by atoms with Crippen LogP contribution >= 0.6 is 23.2 Å². The van der Waals surface area contributed by atoms with Crippen LogP contribution in [0.2, 0.25) is 10.0 Å². The van der Waals surface area contributed by atoms with Crippen molar-refractivity contribution in [3.05, 3.63) is 123 Å². The number of halogens is 2. The molecule has 0 unspecified atom stereocenters. The van der Waals surface area contributed by atoms with Gasteiger partial charge in [-0.1, -0.05) is 89.9 Å². The number of fused-ring (bicyclic) bond motifs is 1. The van der Waals surface area contributed by atoms with Gasteiger partial charge in [0.15, 0.2) is 11.1 Å². The van der Waals surface area contributed by atoms with Crippen molar-refractivity contribution in [1.82, 2.24) is 19.5 Å². The smallest absolute Gasteiger partial charge is 0.173 e. The zero-order valence-corrected chi connectivity index (χ0v) is 18.5. The Morgan fingerprint density at radius 2 is 1.44 bits per heavy atom. The van der Waals surface area contributed by atoms with Gasteiger partial charge in [-0.25, -0.2) is 9.97 Å². The summed E-state index contributed by atoms with van der Waals surface area (Å²) in [6, 6.07) is 25.8. The summed E-state index contributed by atoms with van der Waals surface area (Å²) in [4.78, 5) is 12.6. The topological polar surface area (TPSA) is 70.3 Å². The van der Waals surface area contributed by atoms with E-state index in [0.29, 0.717) is 27.8 Å². The van der Waals surface area contributed by atoms with E-state index in [2.05, 4.69) is 34.2 Å². The second-order valence-electron chi connectivity index (χ2n) is 7.50. The standard InChI is InChI=1S/C25H19Cl2N5/c26-19-12-7-13-20(27)18(19)14-32-15-29-23(28)22-25(32)31-24(30-22)21(16-8-3-1-4-9-16)17-10-5-2-6-11-17/h1-13,15,21,28H,14H2,(H,30,31). The summed E-state index contributed by atoms with van der Waals surface area (Å²) >= 11 is 12.8. The molecule has 0 aliphatic heterocycles. The van der Waals surface area contributed by atoms with Crippen LogP contribution in [0.1, 0.15) is 28.4 Å². The van der Waals surface area contributed by atoms with E-state index in [1.807, 2.05) is 59.2 Å². The number of nitrogens with zero attached hydrogens (tertiary/aromatic N) is 3. The first-order valence-electron chi connectivity index (χ1n) is 10.1. The predicted molar refractivity (Wildman–Crippen MR) is 127 cm³/mol. The summed E-state index contributed by atoms with van der Waals surface area (Å²) in [5.41, 5.74) is 4.35. The molecule has 0 saturated heterocycles. The predicted octanol–water partition coefficient (Wildman–Crippen LogP) is 5.77. The minimum atomic E-state index is -0.110. The van der Waals surface area contributed by atoms with Gasteiger partial charge in [0.1, 0.15) is 11.3 Å². The van der Waals surface area contributed by atoms with Crippen molar-refractivity contribution in [1.29, 1.82) is 5.41 Å². The number of hydrogen-bond acceptors (Lipinski definition) is 3. The molecule has 2 aromatic heterocycles. The summed E-state index contributed by atoms with van der Waals surface area (Å²) < 4.78 is 1.87. The van der Waals surface area contributed by atoms with Crippen LogP contribution in [0.4, 0.5) is 0 Å². The zero-order chi connectivity index (χ0) is 22.1. The normalized spacial score (nSPS) is 11.3. The molecule has 32 heavy (non-hydrogen) atoms. The molecule has 2 heterocycles. The Labute approximate surface area is 194 Å². The highest BCUT2D eigenvalue weighted by Crippen LogP contribution is 2.31. The molecule has 0 bridgehead atoms. The van der Waals surface area contributed by atoms with Gasteiger partial charge in [-0.05, 0) is 23.3 Å². The van der Waals surface area contributed by atoms with Crippen LogP contribution in [0, 0.1) is 5.41 Å². The van der Waals surface area contributed by atoms with Gasteiger partial charge in [0.2, 0.25) is 0 Å². The highest BCUT2D eigenvalue weighted by Gasteiger charge is 2.22. The third-order valence-electron chi connectivity index (χ3n) is 5.47. The van der Waals surface area contributed by atoms with Gasteiger partial charge in [0, 0.05) is 15.6 Å². The van der Waals surface area contributed by atoms with Crippen molar-refractivity contribution < 1.29 is 0 Å². The summed E-state index contributed by atoms with van der Waals surface area (Å²) in [5, 5.41) is 9.50. The van der Waals surface area contributed by atoms with Crippen LogP contribution in [0.25, 0.3) is 11.2 Å². The van der Waals surface area contributed by atoms with Crippen LogP contribution in [0.15, 0.2) is 85.2 Å². The second kappa shape index (κ2) is 8.61. The van der Waals surface area contributed by atoms with E-state index in [1.165, 1.54) is 0 Å². The Morgan fingerprint density at radius 1 is 0.844 bits per heavy atom. The number of rotatable bonds is 5. The van der Waals surface area contributed by atoms with E-state index < -0.39 is 0 Å². The molecule has 0 radical (unpaired) electrons. The Kier molecular flexibility index (Phi) is 5.52. The van der Waals surface area contributed by atoms with Crippen LogP contribution in [0.5, 0.6) is 0 Å². The van der Waals surface area contributed by atoms with E-state index in [4.69, 9.17) is 33.6 Å². The summed E-state index contributed by atoms with van der Waals surface area (Å²) in [7, 11) is 0. The average molecular weight is 460 g/mol. The number of nitrogens with one attached hydrogen (secondary N) is 2. The molecule has 0 atom stereocenters. The lowest BCUT2D eigenvalue weighted by Gasteiger charge is -2.15. The van der Waals surface area contributed by atoms with Gasteiger partial charge in [-0.3, -0.25) is 5.41 Å². The van der Waals surface area contributed by atoms with Crippen molar-refractivity contribution in [3.63, 3.8) is 0 Å². The summed E-state index contributed by atoms with van der Waals surface area (Å²) in [6.07, 6.45) is 1.61. The molecule has 0 aliphatic carbocycles. The first kappa shape index (κ1) is 20.5. The quantitative estimate of drug-likeness (QED) is 0.349. The van der Waals surface area contributed by atoms with E-state index in [9.17, 15) is 0 Å². The van der Waals surface area contributed by atoms with Crippen LogP contribution in [-0.4, -0.2) is 19.5 Å². The molecule has 0 aliphatic rings. The van der Waals surface area contributed by atoms with E-state index in [-0.39, 0.29) is 11.4 Å².